The fraction of sp³-hybridized carbons (Fsp3) is 0.227. The van der Waals surface area contributed by atoms with Gasteiger partial charge >= 0.3 is 0 Å². The van der Waals surface area contributed by atoms with Gasteiger partial charge in [-0.25, -0.2) is 4.98 Å². The fourth-order valence-electron chi connectivity index (χ4n) is 3.29. The van der Waals surface area contributed by atoms with Gasteiger partial charge in [-0.15, -0.1) is 0 Å². The summed E-state index contributed by atoms with van der Waals surface area (Å²) >= 11 is 0. The summed E-state index contributed by atoms with van der Waals surface area (Å²) in [5, 5.41) is 7.84. The molecule has 0 aliphatic rings. The zero-order valence-corrected chi connectivity index (χ0v) is 17.1. The SMILES string of the molecule is CCOc1ccccc1CNc1c(-c2ccc(OC)c(OC)c2)cnc2ncnn12. The van der Waals surface area contributed by atoms with E-state index in [4.69, 9.17) is 14.2 Å². The van der Waals surface area contributed by atoms with Gasteiger partial charge in [0, 0.05) is 23.9 Å². The minimum absolute atomic E-state index is 0.514. The summed E-state index contributed by atoms with van der Waals surface area (Å²) in [5.41, 5.74) is 2.82. The van der Waals surface area contributed by atoms with Gasteiger partial charge in [-0.3, -0.25) is 0 Å². The molecule has 2 heterocycles. The van der Waals surface area contributed by atoms with Crippen molar-refractivity contribution < 1.29 is 14.2 Å². The zero-order valence-electron chi connectivity index (χ0n) is 17.1. The number of methoxy groups -OCH3 is 2. The molecule has 0 aliphatic heterocycles. The Bertz CT molecular complexity index is 1160. The minimum atomic E-state index is 0.514. The van der Waals surface area contributed by atoms with E-state index in [2.05, 4.69) is 20.4 Å². The molecular weight excluding hydrogens is 382 g/mol. The summed E-state index contributed by atoms with van der Waals surface area (Å²) in [6.45, 7) is 3.13. The van der Waals surface area contributed by atoms with Crippen LogP contribution in [0.3, 0.4) is 0 Å². The molecule has 0 amide bonds. The number of ether oxygens (including phenoxy) is 3. The Hall–Kier alpha value is -3.81. The summed E-state index contributed by atoms with van der Waals surface area (Å²) in [6, 6.07) is 13.7. The van der Waals surface area contributed by atoms with E-state index < -0.39 is 0 Å². The maximum absolute atomic E-state index is 5.75. The molecule has 0 saturated heterocycles. The van der Waals surface area contributed by atoms with Crippen LogP contribution in [0.25, 0.3) is 16.9 Å². The summed E-state index contributed by atoms with van der Waals surface area (Å²) < 4.78 is 18.3. The van der Waals surface area contributed by atoms with Crippen LogP contribution in [-0.2, 0) is 6.54 Å². The molecule has 8 heteroatoms. The van der Waals surface area contributed by atoms with Crippen LogP contribution in [-0.4, -0.2) is 40.4 Å². The number of hydrogen-bond donors (Lipinski definition) is 1. The molecule has 30 heavy (non-hydrogen) atoms. The van der Waals surface area contributed by atoms with Crippen LogP contribution in [0.2, 0.25) is 0 Å². The Morgan fingerprint density at radius 1 is 0.967 bits per heavy atom. The Labute approximate surface area is 174 Å². The summed E-state index contributed by atoms with van der Waals surface area (Å²) in [4.78, 5) is 8.64. The van der Waals surface area contributed by atoms with Crippen molar-refractivity contribution in [2.24, 2.45) is 0 Å². The number of fused-ring (bicyclic) bond motifs is 1. The third-order valence-electron chi connectivity index (χ3n) is 4.72. The number of anilines is 1. The fourth-order valence-corrected chi connectivity index (χ4v) is 3.29. The normalized spacial score (nSPS) is 10.8. The Kier molecular flexibility index (Phi) is 5.65. The van der Waals surface area contributed by atoms with Crippen molar-refractivity contribution >= 4 is 11.6 Å². The number of benzene rings is 2. The van der Waals surface area contributed by atoms with Crippen LogP contribution in [0.15, 0.2) is 55.0 Å². The van der Waals surface area contributed by atoms with Gasteiger partial charge in [0.05, 0.1) is 20.8 Å². The molecule has 0 aliphatic carbocycles. The van der Waals surface area contributed by atoms with Crippen molar-refractivity contribution in [2.45, 2.75) is 13.5 Å². The first-order valence-electron chi connectivity index (χ1n) is 9.60. The monoisotopic (exact) mass is 405 g/mol. The molecule has 0 bridgehead atoms. The average molecular weight is 405 g/mol. The van der Waals surface area contributed by atoms with Gasteiger partial charge in [-0.1, -0.05) is 24.3 Å². The van der Waals surface area contributed by atoms with E-state index in [0.717, 1.165) is 28.3 Å². The largest absolute Gasteiger partial charge is 0.494 e. The number of para-hydroxylation sites is 1. The highest BCUT2D eigenvalue weighted by Crippen LogP contribution is 2.35. The lowest BCUT2D eigenvalue weighted by Gasteiger charge is -2.16. The Morgan fingerprint density at radius 2 is 1.80 bits per heavy atom. The highest BCUT2D eigenvalue weighted by molar-refractivity contribution is 5.77. The maximum Gasteiger partial charge on any atom is 0.254 e. The second-order valence-corrected chi connectivity index (χ2v) is 6.46. The average Bonchev–Trinajstić information content (AvgIpc) is 3.27. The minimum Gasteiger partial charge on any atom is -0.494 e. The molecule has 8 nitrogen and oxygen atoms in total. The van der Waals surface area contributed by atoms with Crippen LogP contribution in [0.4, 0.5) is 5.82 Å². The molecule has 0 spiro atoms. The molecule has 154 valence electrons. The van der Waals surface area contributed by atoms with Crippen molar-refractivity contribution in [1.82, 2.24) is 19.6 Å². The van der Waals surface area contributed by atoms with Crippen molar-refractivity contribution in [3.8, 4) is 28.4 Å². The van der Waals surface area contributed by atoms with Crippen LogP contribution in [0.1, 0.15) is 12.5 Å². The van der Waals surface area contributed by atoms with Gasteiger partial charge in [0.1, 0.15) is 17.9 Å². The first-order chi connectivity index (χ1) is 14.7. The van der Waals surface area contributed by atoms with Gasteiger partial charge in [0.25, 0.3) is 5.78 Å². The first-order valence-corrected chi connectivity index (χ1v) is 9.60. The number of nitrogens with zero attached hydrogens (tertiary/aromatic N) is 4. The molecule has 0 atom stereocenters. The predicted molar refractivity (Wildman–Crippen MR) is 114 cm³/mol. The molecule has 2 aromatic carbocycles. The second-order valence-electron chi connectivity index (χ2n) is 6.46. The van der Waals surface area contributed by atoms with E-state index in [0.29, 0.717) is 30.4 Å². The maximum atomic E-state index is 5.75. The topological polar surface area (TPSA) is 82.8 Å². The van der Waals surface area contributed by atoms with Crippen LogP contribution >= 0.6 is 0 Å². The second kappa shape index (κ2) is 8.69. The molecule has 1 N–H and O–H groups in total. The van der Waals surface area contributed by atoms with Crippen molar-refractivity contribution in [3.05, 3.63) is 60.6 Å². The van der Waals surface area contributed by atoms with Gasteiger partial charge in [0.2, 0.25) is 0 Å². The Morgan fingerprint density at radius 3 is 2.60 bits per heavy atom. The lowest BCUT2D eigenvalue weighted by Crippen LogP contribution is -2.09. The number of nitrogens with one attached hydrogen (secondary N) is 1. The molecular formula is C22H23N5O3. The summed E-state index contributed by atoms with van der Waals surface area (Å²) in [7, 11) is 3.23. The van der Waals surface area contributed by atoms with Crippen molar-refractivity contribution in [3.63, 3.8) is 0 Å². The molecule has 0 saturated carbocycles. The molecule has 4 aromatic rings. The highest BCUT2D eigenvalue weighted by atomic mass is 16.5. The van der Waals surface area contributed by atoms with Crippen LogP contribution < -0.4 is 19.5 Å². The predicted octanol–water partition coefficient (Wildman–Crippen LogP) is 3.82. The van der Waals surface area contributed by atoms with E-state index in [9.17, 15) is 0 Å². The van der Waals surface area contributed by atoms with Gasteiger partial charge < -0.3 is 19.5 Å². The molecule has 4 rings (SSSR count). The highest BCUT2D eigenvalue weighted by Gasteiger charge is 2.15. The standard InChI is InChI=1S/C22H23N5O3/c1-4-30-18-8-6-5-7-16(18)12-23-21-17(13-24-22-25-14-26-27(21)22)15-9-10-19(28-2)20(11-15)29-3/h5-11,13-14,23H,4,12H2,1-3H3. The third kappa shape index (κ3) is 3.71. The lowest BCUT2D eigenvalue weighted by atomic mass is 10.1. The molecule has 0 unspecified atom stereocenters. The van der Waals surface area contributed by atoms with Crippen LogP contribution in [0.5, 0.6) is 17.2 Å². The number of rotatable bonds is 8. The van der Waals surface area contributed by atoms with Gasteiger partial charge in [-0.2, -0.15) is 14.6 Å². The molecule has 0 fully saturated rings. The van der Waals surface area contributed by atoms with Crippen molar-refractivity contribution in [2.75, 3.05) is 26.1 Å². The van der Waals surface area contributed by atoms with Gasteiger partial charge in [-0.05, 0) is 30.7 Å². The van der Waals surface area contributed by atoms with Gasteiger partial charge in [0.15, 0.2) is 11.5 Å². The van der Waals surface area contributed by atoms with E-state index in [-0.39, 0.29) is 0 Å². The zero-order chi connectivity index (χ0) is 20.9. The molecule has 2 aromatic heterocycles. The van der Waals surface area contributed by atoms with E-state index in [1.165, 1.54) is 6.33 Å². The Balaban J connectivity index is 1.75. The number of hydrogen-bond acceptors (Lipinski definition) is 7. The summed E-state index contributed by atoms with van der Waals surface area (Å²) in [6.07, 6.45) is 3.27. The van der Waals surface area contributed by atoms with Crippen LogP contribution in [0, 0.1) is 0 Å². The lowest BCUT2D eigenvalue weighted by molar-refractivity contribution is 0.337. The van der Waals surface area contributed by atoms with E-state index in [1.807, 2.05) is 49.4 Å². The smallest absolute Gasteiger partial charge is 0.254 e. The van der Waals surface area contributed by atoms with E-state index >= 15 is 0 Å². The third-order valence-corrected chi connectivity index (χ3v) is 4.72. The first kappa shape index (κ1) is 19.5. The quantitative estimate of drug-likeness (QED) is 0.477. The van der Waals surface area contributed by atoms with E-state index in [1.54, 1.807) is 24.9 Å². The molecule has 0 radical (unpaired) electrons. The number of aromatic nitrogens is 4. The summed E-state index contributed by atoms with van der Waals surface area (Å²) in [5.74, 6) is 3.44. The van der Waals surface area contributed by atoms with Crippen molar-refractivity contribution in [1.29, 1.82) is 0 Å².